The maximum Gasteiger partial charge on any atom is 0.0823 e. The molecule has 0 aliphatic rings. The van der Waals surface area contributed by atoms with Crippen molar-refractivity contribution in [1.29, 1.82) is 0 Å². The van der Waals surface area contributed by atoms with E-state index in [4.69, 9.17) is 28.9 Å². The fraction of sp³-hybridized carbons (Fsp3) is 0.250. The van der Waals surface area contributed by atoms with Crippen molar-refractivity contribution in [3.8, 4) is 0 Å². The average Bonchev–Trinajstić information content (AvgIpc) is 2.08. The van der Waals surface area contributed by atoms with Crippen LogP contribution in [0.15, 0.2) is 18.2 Å². The van der Waals surface area contributed by atoms with Crippen molar-refractivity contribution in [3.63, 3.8) is 0 Å². The molecule has 3 N–H and O–H groups in total. The zero-order valence-electron chi connectivity index (χ0n) is 6.48. The molecule has 1 rings (SSSR count). The van der Waals surface area contributed by atoms with Gasteiger partial charge in [0.2, 0.25) is 0 Å². The second-order valence-corrected chi connectivity index (χ2v) is 3.10. The van der Waals surface area contributed by atoms with Gasteiger partial charge in [-0.2, -0.15) is 0 Å². The summed E-state index contributed by atoms with van der Waals surface area (Å²) < 4.78 is 0. The first-order valence-electron chi connectivity index (χ1n) is 3.63. The molecule has 0 saturated carbocycles. The Balaban J connectivity index is 2.78. The molecule has 0 spiro atoms. The summed E-state index contributed by atoms with van der Waals surface area (Å²) in [4.78, 5) is 0. The van der Waals surface area contributed by atoms with E-state index in [-0.39, 0.29) is 0 Å². The van der Waals surface area contributed by atoms with Gasteiger partial charge in [-0.1, -0.05) is 29.3 Å². The van der Waals surface area contributed by atoms with Gasteiger partial charge in [0, 0.05) is 13.1 Å². The first-order chi connectivity index (χ1) is 5.75. The zero-order valence-corrected chi connectivity index (χ0v) is 7.99. The van der Waals surface area contributed by atoms with Gasteiger partial charge >= 0.3 is 0 Å². The molecule has 0 bridgehead atoms. The number of nitrogens with one attached hydrogen (secondary N) is 1. The molecule has 0 saturated heterocycles. The standard InChI is InChI=1S/C8H10Cl2N2/c9-6-2-1-3-7(8(6)10)12-5-4-11/h1-3,12H,4-5,11H2. The Morgan fingerprint density at radius 1 is 1.33 bits per heavy atom. The van der Waals surface area contributed by atoms with Crippen LogP contribution in [-0.2, 0) is 0 Å². The largest absolute Gasteiger partial charge is 0.383 e. The van der Waals surface area contributed by atoms with E-state index in [1.165, 1.54) is 0 Å². The zero-order chi connectivity index (χ0) is 8.97. The molecule has 4 heteroatoms. The molecule has 0 aliphatic carbocycles. The Kier molecular flexibility index (Phi) is 3.66. The molecular formula is C8H10Cl2N2. The van der Waals surface area contributed by atoms with Crippen LogP contribution in [0.1, 0.15) is 0 Å². The van der Waals surface area contributed by atoms with Gasteiger partial charge in [-0.3, -0.25) is 0 Å². The Labute approximate surface area is 81.7 Å². The highest BCUT2D eigenvalue weighted by molar-refractivity contribution is 6.43. The van der Waals surface area contributed by atoms with Gasteiger partial charge in [0.1, 0.15) is 0 Å². The van der Waals surface area contributed by atoms with Crippen molar-refractivity contribution in [2.24, 2.45) is 5.73 Å². The summed E-state index contributed by atoms with van der Waals surface area (Å²) in [5, 5.41) is 4.17. The van der Waals surface area contributed by atoms with Crippen LogP contribution < -0.4 is 11.1 Å². The normalized spacial score (nSPS) is 9.92. The van der Waals surface area contributed by atoms with E-state index in [0.717, 1.165) is 5.69 Å². The van der Waals surface area contributed by atoms with Crippen molar-refractivity contribution in [1.82, 2.24) is 0 Å². The fourth-order valence-corrected chi connectivity index (χ4v) is 1.21. The van der Waals surface area contributed by atoms with Gasteiger partial charge in [0.15, 0.2) is 0 Å². The lowest BCUT2D eigenvalue weighted by atomic mass is 10.3. The van der Waals surface area contributed by atoms with Gasteiger partial charge in [0.05, 0.1) is 15.7 Å². The molecule has 0 aliphatic heterocycles. The third-order valence-electron chi connectivity index (χ3n) is 1.41. The number of hydrogen-bond acceptors (Lipinski definition) is 2. The molecular weight excluding hydrogens is 195 g/mol. The lowest BCUT2D eigenvalue weighted by Crippen LogP contribution is -2.13. The molecule has 0 heterocycles. The van der Waals surface area contributed by atoms with Crippen LogP contribution in [0.25, 0.3) is 0 Å². The van der Waals surface area contributed by atoms with Gasteiger partial charge in [-0.05, 0) is 12.1 Å². The lowest BCUT2D eigenvalue weighted by Gasteiger charge is -2.07. The SMILES string of the molecule is NCCNc1cccc(Cl)c1Cl. The quantitative estimate of drug-likeness (QED) is 0.794. The third-order valence-corrected chi connectivity index (χ3v) is 2.23. The average molecular weight is 205 g/mol. The van der Waals surface area contributed by atoms with Crippen LogP contribution in [0.2, 0.25) is 10.0 Å². The first kappa shape index (κ1) is 9.65. The van der Waals surface area contributed by atoms with Crippen LogP contribution in [0, 0.1) is 0 Å². The Hall–Kier alpha value is -0.440. The topological polar surface area (TPSA) is 38.0 Å². The maximum atomic E-state index is 5.89. The number of nitrogens with two attached hydrogens (primary N) is 1. The minimum atomic E-state index is 0.549. The summed E-state index contributed by atoms with van der Waals surface area (Å²) in [6.07, 6.45) is 0. The van der Waals surface area contributed by atoms with Gasteiger partial charge < -0.3 is 11.1 Å². The molecule has 1 aromatic carbocycles. The molecule has 0 unspecified atom stereocenters. The number of rotatable bonds is 3. The fourth-order valence-electron chi connectivity index (χ4n) is 0.847. The summed E-state index contributed by atoms with van der Waals surface area (Å²) in [6, 6.07) is 5.45. The van der Waals surface area contributed by atoms with E-state index < -0.39 is 0 Å². The van der Waals surface area contributed by atoms with Crippen molar-refractivity contribution in [2.75, 3.05) is 18.4 Å². The van der Waals surface area contributed by atoms with Crippen LogP contribution in [0.4, 0.5) is 5.69 Å². The van der Waals surface area contributed by atoms with Crippen molar-refractivity contribution < 1.29 is 0 Å². The second-order valence-electron chi connectivity index (χ2n) is 2.32. The summed E-state index contributed by atoms with van der Waals surface area (Å²) in [5.41, 5.74) is 6.15. The molecule has 0 aromatic heterocycles. The Bertz CT molecular complexity index is 263. The highest BCUT2D eigenvalue weighted by Gasteiger charge is 2.01. The smallest absolute Gasteiger partial charge is 0.0823 e. The van der Waals surface area contributed by atoms with Crippen LogP contribution >= 0.6 is 23.2 Å². The minimum absolute atomic E-state index is 0.549. The summed E-state index contributed by atoms with van der Waals surface area (Å²) in [6.45, 7) is 1.27. The Morgan fingerprint density at radius 2 is 2.08 bits per heavy atom. The molecule has 66 valence electrons. The summed E-state index contributed by atoms with van der Waals surface area (Å²) >= 11 is 11.7. The van der Waals surface area contributed by atoms with Crippen molar-refractivity contribution in [2.45, 2.75) is 0 Å². The Morgan fingerprint density at radius 3 is 2.75 bits per heavy atom. The monoisotopic (exact) mass is 204 g/mol. The van der Waals surface area contributed by atoms with Crippen LogP contribution in [0.5, 0.6) is 0 Å². The van der Waals surface area contributed by atoms with Gasteiger partial charge in [-0.15, -0.1) is 0 Å². The predicted molar refractivity (Wildman–Crippen MR) is 54.0 cm³/mol. The van der Waals surface area contributed by atoms with E-state index in [1.807, 2.05) is 12.1 Å². The molecule has 12 heavy (non-hydrogen) atoms. The van der Waals surface area contributed by atoms with Crippen molar-refractivity contribution in [3.05, 3.63) is 28.2 Å². The first-order valence-corrected chi connectivity index (χ1v) is 4.39. The highest BCUT2D eigenvalue weighted by Crippen LogP contribution is 2.29. The number of anilines is 1. The van der Waals surface area contributed by atoms with E-state index in [1.54, 1.807) is 6.07 Å². The maximum absolute atomic E-state index is 5.89. The van der Waals surface area contributed by atoms with E-state index in [2.05, 4.69) is 5.32 Å². The summed E-state index contributed by atoms with van der Waals surface area (Å²) in [7, 11) is 0. The molecule has 0 amide bonds. The predicted octanol–water partition coefficient (Wildman–Crippen LogP) is 2.36. The van der Waals surface area contributed by atoms with E-state index in [0.29, 0.717) is 23.1 Å². The summed E-state index contributed by atoms with van der Waals surface area (Å²) in [5.74, 6) is 0. The number of halogens is 2. The molecule has 1 aromatic rings. The lowest BCUT2D eigenvalue weighted by molar-refractivity contribution is 1.02. The highest BCUT2D eigenvalue weighted by atomic mass is 35.5. The molecule has 0 fully saturated rings. The van der Waals surface area contributed by atoms with E-state index >= 15 is 0 Å². The van der Waals surface area contributed by atoms with E-state index in [9.17, 15) is 0 Å². The third kappa shape index (κ3) is 2.27. The second kappa shape index (κ2) is 4.55. The molecule has 0 radical (unpaired) electrons. The van der Waals surface area contributed by atoms with Crippen LogP contribution in [0.3, 0.4) is 0 Å². The van der Waals surface area contributed by atoms with Gasteiger partial charge in [-0.25, -0.2) is 0 Å². The van der Waals surface area contributed by atoms with Crippen molar-refractivity contribution >= 4 is 28.9 Å². The number of hydrogen-bond donors (Lipinski definition) is 2. The van der Waals surface area contributed by atoms with Gasteiger partial charge in [0.25, 0.3) is 0 Å². The number of benzene rings is 1. The molecule has 2 nitrogen and oxygen atoms in total. The minimum Gasteiger partial charge on any atom is -0.383 e. The molecule has 0 atom stereocenters. The van der Waals surface area contributed by atoms with Crippen LogP contribution in [-0.4, -0.2) is 13.1 Å².